The summed E-state index contributed by atoms with van der Waals surface area (Å²) in [4.78, 5) is 13.8. The fourth-order valence-electron chi connectivity index (χ4n) is 2.09. The van der Waals surface area contributed by atoms with Crippen molar-refractivity contribution in [3.8, 4) is 0 Å². The van der Waals surface area contributed by atoms with E-state index in [-0.39, 0.29) is 5.97 Å². The lowest BCUT2D eigenvalue weighted by Gasteiger charge is -2.34. The second kappa shape index (κ2) is 4.04. The number of nitrogens with one attached hydrogen (secondary N) is 1. The zero-order valence-electron chi connectivity index (χ0n) is 9.78. The number of likely N-dealkylation sites (N-methyl/N-ethyl adjacent to an activating group) is 1. The van der Waals surface area contributed by atoms with E-state index in [2.05, 4.69) is 17.1 Å². The van der Waals surface area contributed by atoms with Crippen molar-refractivity contribution in [3.63, 3.8) is 0 Å². The molecule has 0 bridgehead atoms. The summed E-state index contributed by atoms with van der Waals surface area (Å²) in [6.07, 6.45) is 0. The highest BCUT2D eigenvalue weighted by molar-refractivity contribution is 5.99. The van der Waals surface area contributed by atoms with Gasteiger partial charge in [0.05, 0.1) is 24.0 Å². The first-order valence-corrected chi connectivity index (χ1v) is 5.32. The molecule has 0 radical (unpaired) electrons. The standard InChI is InChI=1S/C12H16N2O2/c1-8-7-14(2)10-6-4-5-9(11(10)13-8)12(15)16-3/h4-6,8,13H,7H2,1-3H3. The van der Waals surface area contributed by atoms with Gasteiger partial charge in [-0.3, -0.25) is 0 Å². The van der Waals surface area contributed by atoms with Crippen molar-refractivity contribution in [2.75, 3.05) is 30.9 Å². The van der Waals surface area contributed by atoms with Crippen molar-refractivity contribution in [3.05, 3.63) is 23.8 Å². The molecule has 1 N–H and O–H groups in total. The van der Waals surface area contributed by atoms with Crippen LogP contribution in [0, 0.1) is 0 Å². The number of anilines is 2. The average Bonchev–Trinajstić information content (AvgIpc) is 2.27. The average molecular weight is 220 g/mol. The number of ether oxygens (including phenoxy) is 1. The minimum atomic E-state index is -0.299. The van der Waals surface area contributed by atoms with Crippen LogP contribution in [0.4, 0.5) is 11.4 Å². The van der Waals surface area contributed by atoms with Gasteiger partial charge < -0.3 is 15.0 Å². The topological polar surface area (TPSA) is 41.6 Å². The number of carbonyl (C=O) groups excluding carboxylic acids is 1. The smallest absolute Gasteiger partial charge is 0.340 e. The van der Waals surface area contributed by atoms with E-state index < -0.39 is 0 Å². The predicted molar refractivity (Wildman–Crippen MR) is 64.1 cm³/mol. The van der Waals surface area contributed by atoms with Gasteiger partial charge in [0.2, 0.25) is 0 Å². The zero-order valence-corrected chi connectivity index (χ0v) is 9.78. The van der Waals surface area contributed by atoms with Crippen molar-refractivity contribution < 1.29 is 9.53 Å². The molecule has 4 heteroatoms. The van der Waals surface area contributed by atoms with Crippen LogP contribution < -0.4 is 10.2 Å². The minimum Gasteiger partial charge on any atom is -0.465 e. The second-order valence-electron chi connectivity index (χ2n) is 4.12. The van der Waals surface area contributed by atoms with E-state index in [0.717, 1.165) is 17.9 Å². The molecule has 0 amide bonds. The van der Waals surface area contributed by atoms with Gasteiger partial charge >= 0.3 is 5.97 Å². The summed E-state index contributed by atoms with van der Waals surface area (Å²) >= 11 is 0. The molecule has 0 aliphatic carbocycles. The third kappa shape index (κ3) is 1.71. The molecule has 1 aliphatic heterocycles. The summed E-state index contributed by atoms with van der Waals surface area (Å²) in [6.45, 7) is 3.02. The van der Waals surface area contributed by atoms with Crippen LogP contribution in [0.15, 0.2) is 18.2 Å². The molecule has 16 heavy (non-hydrogen) atoms. The lowest BCUT2D eigenvalue weighted by atomic mass is 10.1. The van der Waals surface area contributed by atoms with Crippen molar-refractivity contribution in [2.24, 2.45) is 0 Å². The van der Waals surface area contributed by atoms with Gasteiger partial charge in [-0.05, 0) is 19.1 Å². The number of para-hydroxylation sites is 1. The van der Waals surface area contributed by atoms with Crippen LogP contribution in [0.5, 0.6) is 0 Å². The highest BCUT2D eigenvalue weighted by atomic mass is 16.5. The van der Waals surface area contributed by atoms with Crippen LogP contribution >= 0.6 is 0 Å². The van der Waals surface area contributed by atoms with Crippen LogP contribution in [0.1, 0.15) is 17.3 Å². The third-order valence-electron chi connectivity index (χ3n) is 2.80. The predicted octanol–water partition coefficient (Wildman–Crippen LogP) is 1.72. The number of hydrogen-bond acceptors (Lipinski definition) is 4. The fraction of sp³-hybridized carbons (Fsp3) is 0.417. The molecular formula is C12H16N2O2. The molecule has 0 spiro atoms. The zero-order chi connectivity index (χ0) is 11.7. The second-order valence-corrected chi connectivity index (χ2v) is 4.12. The van der Waals surface area contributed by atoms with Gasteiger partial charge in [0.15, 0.2) is 0 Å². The van der Waals surface area contributed by atoms with Crippen molar-refractivity contribution in [1.29, 1.82) is 0 Å². The van der Waals surface area contributed by atoms with Gasteiger partial charge in [0, 0.05) is 19.6 Å². The SMILES string of the molecule is COC(=O)c1cccc2c1NC(C)CN2C. The lowest BCUT2D eigenvalue weighted by molar-refractivity contribution is 0.0602. The molecule has 2 rings (SSSR count). The van der Waals surface area contributed by atoms with Gasteiger partial charge in [0.1, 0.15) is 0 Å². The Morgan fingerprint density at radius 2 is 2.31 bits per heavy atom. The molecule has 86 valence electrons. The Morgan fingerprint density at radius 3 is 3.00 bits per heavy atom. The fourth-order valence-corrected chi connectivity index (χ4v) is 2.09. The van der Waals surface area contributed by atoms with Crippen molar-refractivity contribution >= 4 is 17.3 Å². The summed E-state index contributed by atoms with van der Waals surface area (Å²) in [6, 6.07) is 5.98. The Hall–Kier alpha value is -1.71. The maximum atomic E-state index is 11.6. The molecular weight excluding hydrogens is 204 g/mol. The molecule has 1 unspecified atom stereocenters. The van der Waals surface area contributed by atoms with Crippen LogP contribution in [0.2, 0.25) is 0 Å². The molecule has 1 aromatic carbocycles. The number of rotatable bonds is 1. The largest absolute Gasteiger partial charge is 0.465 e. The van der Waals surface area contributed by atoms with Gasteiger partial charge in [-0.15, -0.1) is 0 Å². The van der Waals surface area contributed by atoms with Crippen LogP contribution in [0.25, 0.3) is 0 Å². The lowest BCUT2D eigenvalue weighted by Crippen LogP contribution is -2.38. The Kier molecular flexibility index (Phi) is 2.73. The first-order chi connectivity index (χ1) is 7.63. The van der Waals surface area contributed by atoms with Crippen LogP contribution in [-0.4, -0.2) is 32.7 Å². The number of carbonyl (C=O) groups is 1. The van der Waals surface area contributed by atoms with Gasteiger partial charge in [-0.2, -0.15) is 0 Å². The first kappa shape index (κ1) is 10.8. The number of esters is 1. The molecule has 0 fully saturated rings. The molecule has 1 aliphatic rings. The van der Waals surface area contributed by atoms with E-state index >= 15 is 0 Å². The maximum absolute atomic E-state index is 11.6. The first-order valence-electron chi connectivity index (χ1n) is 5.32. The molecule has 0 saturated carbocycles. The molecule has 1 aromatic rings. The molecule has 1 atom stereocenters. The Labute approximate surface area is 95.2 Å². The highest BCUT2D eigenvalue weighted by Gasteiger charge is 2.23. The molecule has 0 saturated heterocycles. The van der Waals surface area contributed by atoms with Crippen molar-refractivity contribution in [1.82, 2.24) is 0 Å². The number of nitrogens with zero attached hydrogens (tertiary/aromatic N) is 1. The number of fused-ring (bicyclic) bond motifs is 1. The Morgan fingerprint density at radius 1 is 1.56 bits per heavy atom. The maximum Gasteiger partial charge on any atom is 0.340 e. The van der Waals surface area contributed by atoms with Crippen molar-refractivity contribution in [2.45, 2.75) is 13.0 Å². The van der Waals surface area contributed by atoms with E-state index in [1.807, 2.05) is 19.2 Å². The van der Waals surface area contributed by atoms with Gasteiger partial charge in [0.25, 0.3) is 0 Å². The monoisotopic (exact) mass is 220 g/mol. The summed E-state index contributed by atoms with van der Waals surface area (Å²) < 4.78 is 4.78. The molecule has 4 nitrogen and oxygen atoms in total. The quantitative estimate of drug-likeness (QED) is 0.732. The minimum absolute atomic E-state index is 0.299. The van der Waals surface area contributed by atoms with Gasteiger partial charge in [-0.1, -0.05) is 6.07 Å². The third-order valence-corrected chi connectivity index (χ3v) is 2.80. The molecule has 0 aromatic heterocycles. The number of hydrogen-bond donors (Lipinski definition) is 1. The summed E-state index contributed by atoms with van der Waals surface area (Å²) in [5.74, 6) is -0.299. The van der Waals surface area contributed by atoms with Crippen LogP contribution in [-0.2, 0) is 4.74 Å². The van der Waals surface area contributed by atoms with E-state index in [1.54, 1.807) is 6.07 Å². The van der Waals surface area contributed by atoms with Crippen LogP contribution in [0.3, 0.4) is 0 Å². The highest BCUT2D eigenvalue weighted by Crippen LogP contribution is 2.33. The van der Waals surface area contributed by atoms with Gasteiger partial charge in [-0.25, -0.2) is 4.79 Å². The number of methoxy groups -OCH3 is 1. The van der Waals surface area contributed by atoms with E-state index in [0.29, 0.717) is 11.6 Å². The summed E-state index contributed by atoms with van der Waals surface area (Å²) in [5.41, 5.74) is 2.51. The summed E-state index contributed by atoms with van der Waals surface area (Å²) in [5, 5.41) is 3.33. The Bertz CT molecular complexity index is 417. The number of benzene rings is 1. The van der Waals surface area contributed by atoms with E-state index in [9.17, 15) is 4.79 Å². The van der Waals surface area contributed by atoms with E-state index in [1.165, 1.54) is 7.11 Å². The van der Waals surface area contributed by atoms with E-state index in [4.69, 9.17) is 4.74 Å². The molecule has 1 heterocycles. The Balaban J connectivity index is 2.50. The summed E-state index contributed by atoms with van der Waals surface area (Å²) in [7, 11) is 3.43. The normalized spacial score (nSPS) is 18.7.